The van der Waals surface area contributed by atoms with Crippen LogP contribution in [-0.2, 0) is 6.42 Å². The number of fused-ring (bicyclic) bond motifs is 1. The Labute approximate surface area is 164 Å². The van der Waals surface area contributed by atoms with Gasteiger partial charge >= 0.3 is 0 Å². The summed E-state index contributed by atoms with van der Waals surface area (Å²) >= 11 is 12.0. The molecule has 2 N–H and O–H groups in total. The minimum absolute atomic E-state index is 0.190. The molecule has 0 aliphatic heterocycles. The molecule has 0 radical (unpaired) electrons. The molecule has 1 atom stereocenters. The third kappa shape index (κ3) is 3.86. The number of benzene rings is 1. The number of hydrogen-bond acceptors (Lipinski definition) is 4. The highest BCUT2D eigenvalue weighted by Crippen LogP contribution is 2.26. The van der Waals surface area contributed by atoms with Gasteiger partial charge in [0.15, 0.2) is 6.30 Å². The third-order valence-electron chi connectivity index (χ3n) is 4.12. The van der Waals surface area contributed by atoms with Crippen molar-refractivity contribution < 1.29 is 4.39 Å². The van der Waals surface area contributed by atoms with Crippen molar-refractivity contribution in [1.29, 1.82) is 0 Å². The number of pyridine rings is 1. The number of aromatic amines is 1. The number of alkyl halides is 1. The standard InChI is InChI=1S/C19H14Cl2FN5/c20-13-6-15-12(9-23-18(15)24-10-13)5-11-7-25-19(26-8-11)27-17(22)14-3-1-2-4-16(14)21/h1-4,6-10,17H,5H2,(H,23,24)(H,25,26,27). The fourth-order valence-corrected chi connectivity index (χ4v) is 3.18. The van der Waals surface area contributed by atoms with Gasteiger partial charge in [0, 0.05) is 47.2 Å². The summed E-state index contributed by atoms with van der Waals surface area (Å²) in [5.74, 6) is 0.190. The topological polar surface area (TPSA) is 66.5 Å². The maximum Gasteiger partial charge on any atom is 0.225 e. The molecule has 0 amide bonds. The average molecular weight is 402 g/mol. The monoisotopic (exact) mass is 401 g/mol. The number of nitrogens with one attached hydrogen (secondary N) is 2. The van der Waals surface area contributed by atoms with Crippen LogP contribution in [0.2, 0.25) is 10.0 Å². The zero-order chi connectivity index (χ0) is 18.8. The first-order chi connectivity index (χ1) is 13.1. The second-order valence-electron chi connectivity index (χ2n) is 5.98. The summed E-state index contributed by atoms with van der Waals surface area (Å²) in [4.78, 5) is 15.7. The first-order valence-corrected chi connectivity index (χ1v) is 8.93. The zero-order valence-corrected chi connectivity index (χ0v) is 15.5. The van der Waals surface area contributed by atoms with Crippen LogP contribution in [0.15, 0.2) is 55.1 Å². The molecule has 136 valence electrons. The van der Waals surface area contributed by atoms with Gasteiger partial charge < -0.3 is 10.3 Å². The van der Waals surface area contributed by atoms with Gasteiger partial charge in [-0.05, 0) is 23.3 Å². The molecular weight excluding hydrogens is 388 g/mol. The lowest BCUT2D eigenvalue weighted by Crippen LogP contribution is -2.09. The molecule has 0 aliphatic carbocycles. The number of hydrogen-bond donors (Lipinski definition) is 2. The molecule has 3 heterocycles. The molecule has 5 nitrogen and oxygen atoms in total. The van der Waals surface area contributed by atoms with Gasteiger partial charge in [0.25, 0.3) is 0 Å². The SMILES string of the molecule is FC(Nc1ncc(Cc2c[nH]c3ncc(Cl)cc23)cn1)c1ccccc1Cl. The fourth-order valence-electron chi connectivity index (χ4n) is 2.79. The van der Waals surface area contributed by atoms with E-state index in [-0.39, 0.29) is 5.95 Å². The summed E-state index contributed by atoms with van der Waals surface area (Å²) in [7, 11) is 0. The lowest BCUT2D eigenvalue weighted by Gasteiger charge is -2.12. The average Bonchev–Trinajstić information content (AvgIpc) is 3.05. The van der Waals surface area contributed by atoms with Gasteiger partial charge in [-0.3, -0.25) is 0 Å². The van der Waals surface area contributed by atoms with E-state index < -0.39 is 6.30 Å². The Balaban J connectivity index is 1.49. The van der Waals surface area contributed by atoms with Crippen LogP contribution in [0.5, 0.6) is 0 Å². The molecule has 3 aromatic heterocycles. The first kappa shape index (κ1) is 17.7. The van der Waals surface area contributed by atoms with E-state index in [0.717, 1.165) is 22.2 Å². The van der Waals surface area contributed by atoms with Crippen LogP contribution in [0.3, 0.4) is 0 Å². The summed E-state index contributed by atoms with van der Waals surface area (Å²) < 4.78 is 14.4. The number of anilines is 1. The van der Waals surface area contributed by atoms with Crippen LogP contribution in [0.4, 0.5) is 10.3 Å². The minimum atomic E-state index is -1.49. The lowest BCUT2D eigenvalue weighted by molar-refractivity contribution is 0.383. The van der Waals surface area contributed by atoms with Crippen LogP contribution in [-0.4, -0.2) is 19.9 Å². The molecule has 0 spiro atoms. The highest BCUT2D eigenvalue weighted by Gasteiger charge is 2.14. The van der Waals surface area contributed by atoms with Crippen LogP contribution in [0, 0.1) is 0 Å². The largest absolute Gasteiger partial charge is 0.346 e. The molecule has 27 heavy (non-hydrogen) atoms. The Kier molecular flexibility index (Phi) is 4.92. The molecule has 0 bridgehead atoms. The van der Waals surface area contributed by atoms with Gasteiger partial charge in [-0.25, -0.2) is 19.3 Å². The number of rotatable bonds is 5. The van der Waals surface area contributed by atoms with Crippen molar-refractivity contribution in [1.82, 2.24) is 19.9 Å². The highest BCUT2D eigenvalue weighted by molar-refractivity contribution is 6.31. The molecule has 0 fully saturated rings. The van der Waals surface area contributed by atoms with Crippen LogP contribution < -0.4 is 5.32 Å². The lowest BCUT2D eigenvalue weighted by atomic mass is 10.1. The summed E-state index contributed by atoms with van der Waals surface area (Å²) in [5, 5.41) is 4.49. The number of H-pyrrole nitrogens is 1. The molecular formula is C19H14Cl2FN5. The van der Waals surface area contributed by atoms with Crippen molar-refractivity contribution in [3.63, 3.8) is 0 Å². The molecule has 0 saturated heterocycles. The Morgan fingerprint density at radius 1 is 1.07 bits per heavy atom. The van der Waals surface area contributed by atoms with E-state index >= 15 is 0 Å². The van der Waals surface area contributed by atoms with E-state index in [1.807, 2.05) is 12.3 Å². The summed E-state index contributed by atoms with van der Waals surface area (Å²) in [5.41, 5.74) is 3.03. The zero-order valence-electron chi connectivity index (χ0n) is 14.0. The van der Waals surface area contributed by atoms with Crippen molar-refractivity contribution in [2.45, 2.75) is 12.7 Å². The summed E-state index contributed by atoms with van der Waals surface area (Å²) in [6, 6.07) is 8.59. The van der Waals surface area contributed by atoms with Crippen molar-refractivity contribution >= 4 is 40.2 Å². The van der Waals surface area contributed by atoms with E-state index in [4.69, 9.17) is 23.2 Å². The number of nitrogens with zero attached hydrogens (tertiary/aromatic N) is 3. The van der Waals surface area contributed by atoms with E-state index in [0.29, 0.717) is 22.0 Å². The highest BCUT2D eigenvalue weighted by atomic mass is 35.5. The van der Waals surface area contributed by atoms with Crippen molar-refractivity contribution in [2.24, 2.45) is 0 Å². The molecule has 0 aliphatic rings. The third-order valence-corrected chi connectivity index (χ3v) is 4.67. The number of aromatic nitrogens is 4. The molecule has 8 heteroatoms. The van der Waals surface area contributed by atoms with Crippen LogP contribution >= 0.6 is 23.2 Å². The van der Waals surface area contributed by atoms with E-state index in [1.54, 1.807) is 42.9 Å². The predicted molar refractivity (Wildman–Crippen MR) is 105 cm³/mol. The van der Waals surface area contributed by atoms with Gasteiger partial charge in [-0.2, -0.15) is 0 Å². The molecule has 0 saturated carbocycles. The maximum atomic E-state index is 14.4. The van der Waals surface area contributed by atoms with Crippen molar-refractivity contribution in [3.05, 3.63) is 81.9 Å². The summed E-state index contributed by atoms with van der Waals surface area (Å²) in [6.45, 7) is 0. The Morgan fingerprint density at radius 2 is 1.85 bits per heavy atom. The number of halogens is 3. The Bertz CT molecular complexity index is 1080. The van der Waals surface area contributed by atoms with E-state index in [9.17, 15) is 4.39 Å². The minimum Gasteiger partial charge on any atom is -0.346 e. The Morgan fingerprint density at radius 3 is 2.63 bits per heavy atom. The van der Waals surface area contributed by atoms with Gasteiger partial charge in [0.1, 0.15) is 5.65 Å². The first-order valence-electron chi connectivity index (χ1n) is 8.17. The van der Waals surface area contributed by atoms with Gasteiger partial charge in [0.2, 0.25) is 5.95 Å². The Hall–Kier alpha value is -2.70. The summed E-state index contributed by atoms with van der Waals surface area (Å²) in [6.07, 6.45) is 5.91. The van der Waals surface area contributed by atoms with Crippen LogP contribution in [0.25, 0.3) is 11.0 Å². The predicted octanol–water partition coefficient (Wildman–Crippen LogP) is 5.33. The molecule has 4 rings (SSSR count). The van der Waals surface area contributed by atoms with Crippen LogP contribution in [0.1, 0.15) is 23.0 Å². The van der Waals surface area contributed by atoms with Gasteiger partial charge in [-0.15, -0.1) is 0 Å². The second-order valence-corrected chi connectivity index (χ2v) is 6.83. The quantitative estimate of drug-likeness (QED) is 0.443. The second kappa shape index (κ2) is 7.50. The van der Waals surface area contributed by atoms with Gasteiger partial charge in [0.05, 0.1) is 5.02 Å². The molecule has 1 unspecified atom stereocenters. The maximum absolute atomic E-state index is 14.4. The molecule has 1 aromatic carbocycles. The normalized spacial score (nSPS) is 12.3. The molecule has 4 aromatic rings. The van der Waals surface area contributed by atoms with Crippen molar-refractivity contribution in [3.8, 4) is 0 Å². The van der Waals surface area contributed by atoms with E-state index in [1.165, 1.54) is 0 Å². The fraction of sp³-hybridized carbons (Fsp3) is 0.105. The smallest absolute Gasteiger partial charge is 0.225 e. The van der Waals surface area contributed by atoms with Gasteiger partial charge in [-0.1, -0.05) is 41.4 Å². The van der Waals surface area contributed by atoms with Crippen molar-refractivity contribution in [2.75, 3.05) is 5.32 Å². The van der Waals surface area contributed by atoms with E-state index in [2.05, 4.69) is 25.3 Å².